The summed E-state index contributed by atoms with van der Waals surface area (Å²) in [5.74, 6) is -0.404. The van der Waals surface area contributed by atoms with Crippen molar-refractivity contribution in [2.75, 3.05) is 13.1 Å². The van der Waals surface area contributed by atoms with Gasteiger partial charge in [0.15, 0.2) is 0 Å². The van der Waals surface area contributed by atoms with E-state index in [0.29, 0.717) is 12.1 Å². The van der Waals surface area contributed by atoms with Crippen LogP contribution in [0.3, 0.4) is 0 Å². The number of piperidine rings is 1. The lowest BCUT2D eigenvalue weighted by molar-refractivity contribution is -0.129. The Hall–Kier alpha value is -1.68. The predicted molar refractivity (Wildman–Crippen MR) is 73.8 cm³/mol. The molecular formula is C15H19FN2O. The van der Waals surface area contributed by atoms with Crippen molar-refractivity contribution in [1.29, 1.82) is 0 Å². The highest BCUT2D eigenvalue weighted by atomic mass is 19.1. The van der Waals surface area contributed by atoms with Gasteiger partial charge in [-0.1, -0.05) is 18.2 Å². The van der Waals surface area contributed by atoms with Crippen LogP contribution in [-0.4, -0.2) is 29.9 Å². The second-order valence-electron chi connectivity index (χ2n) is 4.77. The molecule has 19 heavy (non-hydrogen) atoms. The molecule has 2 N–H and O–H groups in total. The van der Waals surface area contributed by atoms with E-state index < -0.39 is 0 Å². The molecule has 1 aliphatic heterocycles. The van der Waals surface area contributed by atoms with Crippen molar-refractivity contribution < 1.29 is 9.18 Å². The van der Waals surface area contributed by atoms with Crippen molar-refractivity contribution in [1.82, 2.24) is 4.90 Å². The van der Waals surface area contributed by atoms with Gasteiger partial charge in [0.2, 0.25) is 5.91 Å². The predicted octanol–water partition coefficient (Wildman–Crippen LogP) is 2.18. The number of likely N-dealkylation sites (tertiary alicyclic amines) is 1. The lowest BCUT2D eigenvalue weighted by Gasteiger charge is -2.34. The number of hydrogen-bond acceptors (Lipinski definition) is 2. The molecule has 1 heterocycles. The highest BCUT2D eigenvalue weighted by Gasteiger charge is 2.23. The highest BCUT2D eigenvalue weighted by Crippen LogP contribution is 2.17. The van der Waals surface area contributed by atoms with E-state index in [1.807, 2.05) is 0 Å². The van der Waals surface area contributed by atoms with Gasteiger partial charge in [-0.2, -0.15) is 0 Å². The number of halogens is 1. The van der Waals surface area contributed by atoms with Gasteiger partial charge in [0.1, 0.15) is 5.82 Å². The van der Waals surface area contributed by atoms with E-state index in [1.165, 1.54) is 18.2 Å². The Labute approximate surface area is 112 Å². The standard InChI is InChI=1S/C15H19FN2O/c16-14-7-2-1-5-12(14)8-9-15(19)18-10-4-3-6-13(18)11-17/h1-2,5,7-9,13H,3-4,6,10-11,17H2/b9-8+. The van der Waals surface area contributed by atoms with Crippen LogP contribution in [-0.2, 0) is 4.79 Å². The summed E-state index contributed by atoms with van der Waals surface area (Å²) in [4.78, 5) is 13.9. The zero-order chi connectivity index (χ0) is 13.7. The summed E-state index contributed by atoms with van der Waals surface area (Å²) in [7, 11) is 0. The first-order valence-electron chi connectivity index (χ1n) is 6.65. The van der Waals surface area contributed by atoms with E-state index in [4.69, 9.17) is 5.73 Å². The number of nitrogens with zero attached hydrogens (tertiary/aromatic N) is 1. The molecule has 4 heteroatoms. The van der Waals surface area contributed by atoms with Crippen LogP contribution in [0.2, 0.25) is 0 Å². The average Bonchev–Trinajstić information content (AvgIpc) is 2.46. The Balaban J connectivity index is 2.06. The number of carbonyl (C=O) groups excluding carboxylic acids is 1. The van der Waals surface area contributed by atoms with Gasteiger partial charge in [0.05, 0.1) is 0 Å². The van der Waals surface area contributed by atoms with Gasteiger partial charge in [-0.05, 0) is 31.4 Å². The molecule has 0 aliphatic carbocycles. The molecule has 1 saturated heterocycles. The Bertz CT molecular complexity index is 473. The molecule has 1 aromatic rings. The summed E-state index contributed by atoms with van der Waals surface area (Å²) >= 11 is 0. The van der Waals surface area contributed by atoms with Crippen LogP contribution in [0.5, 0.6) is 0 Å². The van der Waals surface area contributed by atoms with E-state index in [0.717, 1.165) is 25.8 Å². The summed E-state index contributed by atoms with van der Waals surface area (Å²) in [6.45, 7) is 1.22. The molecule has 1 unspecified atom stereocenters. The van der Waals surface area contributed by atoms with Gasteiger partial charge in [0, 0.05) is 30.8 Å². The molecule has 3 nitrogen and oxygen atoms in total. The van der Waals surface area contributed by atoms with Crippen molar-refractivity contribution >= 4 is 12.0 Å². The zero-order valence-corrected chi connectivity index (χ0v) is 10.9. The first-order valence-corrected chi connectivity index (χ1v) is 6.65. The van der Waals surface area contributed by atoms with Crippen LogP contribution in [0.1, 0.15) is 24.8 Å². The third kappa shape index (κ3) is 3.41. The first-order chi connectivity index (χ1) is 9.22. The summed E-state index contributed by atoms with van der Waals surface area (Å²) in [5, 5.41) is 0. The molecule has 0 bridgehead atoms. The number of benzene rings is 1. The van der Waals surface area contributed by atoms with Crippen molar-refractivity contribution in [3.63, 3.8) is 0 Å². The van der Waals surface area contributed by atoms with Gasteiger partial charge in [-0.25, -0.2) is 4.39 Å². The van der Waals surface area contributed by atoms with Gasteiger partial charge in [-0.15, -0.1) is 0 Å². The van der Waals surface area contributed by atoms with E-state index in [-0.39, 0.29) is 17.8 Å². The lowest BCUT2D eigenvalue weighted by Crippen LogP contribution is -2.46. The first kappa shape index (κ1) is 13.7. The molecule has 1 amide bonds. The monoisotopic (exact) mass is 262 g/mol. The van der Waals surface area contributed by atoms with Crippen molar-refractivity contribution in [3.05, 3.63) is 41.7 Å². The molecule has 0 spiro atoms. The number of rotatable bonds is 3. The smallest absolute Gasteiger partial charge is 0.246 e. The minimum absolute atomic E-state index is 0.0848. The van der Waals surface area contributed by atoms with E-state index >= 15 is 0 Å². The second kappa shape index (κ2) is 6.48. The van der Waals surface area contributed by atoms with Crippen LogP contribution in [0, 0.1) is 5.82 Å². The fourth-order valence-electron chi connectivity index (χ4n) is 2.40. The minimum Gasteiger partial charge on any atom is -0.335 e. The Morgan fingerprint density at radius 3 is 2.95 bits per heavy atom. The number of amides is 1. The summed E-state index contributed by atoms with van der Waals surface area (Å²) in [6.07, 6.45) is 6.04. The van der Waals surface area contributed by atoms with Crippen molar-refractivity contribution in [2.24, 2.45) is 5.73 Å². The highest BCUT2D eigenvalue weighted by molar-refractivity contribution is 5.92. The molecule has 1 aliphatic rings. The second-order valence-corrected chi connectivity index (χ2v) is 4.77. The largest absolute Gasteiger partial charge is 0.335 e. The maximum Gasteiger partial charge on any atom is 0.246 e. The van der Waals surface area contributed by atoms with Gasteiger partial charge in [-0.3, -0.25) is 4.79 Å². The van der Waals surface area contributed by atoms with E-state index in [1.54, 1.807) is 23.1 Å². The molecule has 102 valence electrons. The van der Waals surface area contributed by atoms with Gasteiger partial charge >= 0.3 is 0 Å². The van der Waals surface area contributed by atoms with Crippen LogP contribution < -0.4 is 5.73 Å². The summed E-state index contributed by atoms with van der Waals surface area (Å²) in [5.41, 5.74) is 6.11. The molecular weight excluding hydrogens is 243 g/mol. The number of hydrogen-bond donors (Lipinski definition) is 1. The number of nitrogens with two attached hydrogens (primary N) is 1. The van der Waals surface area contributed by atoms with Crippen LogP contribution in [0.15, 0.2) is 30.3 Å². The van der Waals surface area contributed by atoms with E-state index in [9.17, 15) is 9.18 Å². The summed E-state index contributed by atoms with van der Waals surface area (Å²) < 4.78 is 13.4. The molecule has 0 saturated carbocycles. The fourth-order valence-corrected chi connectivity index (χ4v) is 2.40. The molecule has 1 aromatic carbocycles. The zero-order valence-electron chi connectivity index (χ0n) is 10.9. The third-order valence-electron chi connectivity index (χ3n) is 3.49. The fraction of sp³-hybridized carbons (Fsp3) is 0.400. The molecule has 0 aromatic heterocycles. The lowest BCUT2D eigenvalue weighted by atomic mass is 10.0. The Morgan fingerprint density at radius 2 is 2.21 bits per heavy atom. The quantitative estimate of drug-likeness (QED) is 0.849. The van der Waals surface area contributed by atoms with Crippen molar-refractivity contribution in [2.45, 2.75) is 25.3 Å². The Morgan fingerprint density at radius 1 is 1.42 bits per heavy atom. The van der Waals surface area contributed by atoms with Crippen LogP contribution >= 0.6 is 0 Å². The maximum absolute atomic E-state index is 13.4. The third-order valence-corrected chi connectivity index (χ3v) is 3.49. The summed E-state index contributed by atoms with van der Waals surface area (Å²) in [6, 6.07) is 6.52. The average molecular weight is 262 g/mol. The van der Waals surface area contributed by atoms with Crippen LogP contribution in [0.25, 0.3) is 6.08 Å². The van der Waals surface area contributed by atoms with Gasteiger partial charge < -0.3 is 10.6 Å². The molecule has 1 atom stereocenters. The van der Waals surface area contributed by atoms with Crippen molar-refractivity contribution in [3.8, 4) is 0 Å². The molecule has 1 fully saturated rings. The Kier molecular flexibility index (Phi) is 4.68. The van der Waals surface area contributed by atoms with E-state index in [2.05, 4.69) is 0 Å². The molecule has 0 radical (unpaired) electrons. The number of carbonyl (C=O) groups is 1. The maximum atomic E-state index is 13.4. The van der Waals surface area contributed by atoms with Gasteiger partial charge in [0.25, 0.3) is 0 Å². The minimum atomic E-state index is -0.319. The SMILES string of the molecule is NCC1CCCCN1C(=O)/C=C/c1ccccc1F. The topological polar surface area (TPSA) is 46.3 Å². The van der Waals surface area contributed by atoms with Crippen LogP contribution in [0.4, 0.5) is 4.39 Å². The molecule has 2 rings (SSSR count). The normalized spacial score (nSPS) is 19.9.